The van der Waals surface area contributed by atoms with Gasteiger partial charge in [-0.3, -0.25) is 4.99 Å². The molecule has 2 rings (SSSR count). The average Bonchev–Trinajstić information content (AvgIpc) is 2.70. The maximum absolute atomic E-state index is 10.1. The predicted octanol–water partition coefficient (Wildman–Crippen LogP) is 3.22. The molecule has 6 nitrogen and oxygen atoms in total. The first-order valence-electron chi connectivity index (χ1n) is 10.5. The van der Waals surface area contributed by atoms with Gasteiger partial charge in [0, 0.05) is 39.3 Å². The van der Waals surface area contributed by atoms with E-state index in [1.165, 1.54) is 6.42 Å². The van der Waals surface area contributed by atoms with Crippen molar-refractivity contribution in [3.63, 3.8) is 0 Å². The Bertz CT molecular complexity index is 572. The summed E-state index contributed by atoms with van der Waals surface area (Å²) >= 11 is 0. The molecular formula is C21H38IN5O. The van der Waals surface area contributed by atoms with Crippen molar-refractivity contribution in [1.29, 1.82) is 0 Å². The van der Waals surface area contributed by atoms with Crippen LogP contribution in [0.15, 0.2) is 29.3 Å². The first-order chi connectivity index (χ1) is 13.2. The number of hydrogen-bond donors (Lipinski definition) is 2. The van der Waals surface area contributed by atoms with Crippen LogP contribution in [0, 0.1) is 0 Å². The summed E-state index contributed by atoms with van der Waals surface area (Å²) in [5, 5.41) is 13.5. The third kappa shape index (κ3) is 7.66. The minimum atomic E-state index is 0. The number of aliphatic imine (C=N–C) groups is 1. The molecule has 0 bridgehead atoms. The first-order valence-corrected chi connectivity index (χ1v) is 10.5. The molecule has 0 amide bonds. The zero-order valence-electron chi connectivity index (χ0n) is 17.7. The Morgan fingerprint density at radius 3 is 2.36 bits per heavy atom. The maximum atomic E-state index is 10.1. The number of nitrogens with zero attached hydrogens (tertiary/aromatic N) is 4. The van der Waals surface area contributed by atoms with Gasteiger partial charge in [-0.05, 0) is 51.5 Å². The quantitative estimate of drug-likeness (QED) is 0.235. The van der Waals surface area contributed by atoms with Gasteiger partial charge in [0.1, 0.15) is 5.75 Å². The number of para-hydroxylation sites is 2. The number of unbranched alkanes of at least 4 members (excludes halogenated alkanes) is 1. The second kappa shape index (κ2) is 13.9. The smallest absolute Gasteiger partial charge is 0.194 e. The van der Waals surface area contributed by atoms with Crippen molar-refractivity contribution in [1.82, 2.24) is 15.1 Å². The molecule has 1 aromatic carbocycles. The molecular weight excluding hydrogens is 465 g/mol. The van der Waals surface area contributed by atoms with E-state index in [0.717, 1.165) is 77.0 Å². The van der Waals surface area contributed by atoms with Gasteiger partial charge in [-0.25, -0.2) is 0 Å². The highest BCUT2D eigenvalue weighted by Gasteiger charge is 2.21. The molecule has 1 saturated heterocycles. The summed E-state index contributed by atoms with van der Waals surface area (Å²) in [6.07, 6.45) is 2.33. The molecule has 0 aliphatic carbocycles. The second-order valence-electron chi connectivity index (χ2n) is 6.93. The Labute approximate surface area is 188 Å². The standard InChI is InChI=1S/C21H37N5O.HI/c1-4-22-21(23-13-9-10-14-24(5-2)6-3)26-17-15-25(16-18-26)19-11-7-8-12-20(19)27;/h7-8,11-12,27H,4-6,9-10,13-18H2,1-3H3,(H,22,23);1H. The van der Waals surface area contributed by atoms with Crippen LogP contribution in [-0.4, -0.2) is 79.8 Å². The number of phenols is 1. The van der Waals surface area contributed by atoms with Crippen LogP contribution in [0.3, 0.4) is 0 Å². The van der Waals surface area contributed by atoms with Gasteiger partial charge in [-0.1, -0.05) is 26.0 Å². The topological polar surface area (TPSA) is 54.3 Å². The lowest BCUT2D eigenvalue weighted by molar-refractivity contribution is 0.297. The van der Waals surface area contributed by atoms with Crippen molar-refractivity contribution >= 4 is 35.6 Å². The molecule has 0 unspecified atom stereocenters. The molecule has 1 aliphatic heterocycles. The molecule has 0 atom stereocenters. The summed E-state index contributed by atoms with van der Waals surface area (Å²) in [5.74, 6) is 1.39. The second-order valence-corrected chi connectivity index (χ2v) is 6.93. The average molecular weight is 503 g/mol. The number of piperazine rings is 1. The molecule has 0 spiro atoms. The van der Waals surface area contributed by atoms with Gasteiger partial charge in [0.25, 0.3) is 0 Å². The summed E-state index contributed by atoms with van der Waals surface area (Å²) in [5.41, 5.74) is 0.926. The molecule has 28 heavy (non-hydrogen) atoms. The summed E-state index contributed by atoms with van der Waals surface area (Å²) in [6.45, 7) is 15.4. The summed E-state index contributed by atoms with van der Waals surface area (Å²) in [6, 6.07) is 7.59. The fraction of sp³-hybridized carbons (Fsp3) is 0.667. The van der Waals surface area contributed by atoms with Gasteiger partial charge < -0.3 is 25.1 Å². The molecule has 1 heterocycles. The summed E-state index contributed by atoms with van der Waals surface area (Å²) in [7, 11) is 0. The Kier molecular flexibility index (Phi) is 12.3. The molecule has 1 fully saturated rings. The highest BCUT2D eigenvalue weighted by atomic mass is 127. The number of rotatable bonds is 9. The van der Waals surface area contributed by atoms with Crippen LogP contribution in [0.4, 0.5) is 5.69 Å². The number of nitrogens with one attached hydrogen (secondary N) is 1. The number of anilines is 1. The minimum absolute atomic E-state index is 0. The lowest BCUT2D eigenvalue weighted by atomic mass is 10.2. The van der Waals surface area contributed by atoms with Crippen molar-refractivity contribution in [3.8, 4) is 5.75 Å². The van der Waals surface area contributed by atoms with Crippen LogP contribution in [-0.2, 0) is 0 Å². The van der Waals surface area contributed by atoms with Gasteiger partial charge in [0.15, 0.2) is 5.96 Å². The van der Waals surface area contributed by atoms with E-state index in [1.54, 1.807) is 6.07 Å². The van der Waals surface area contributed by atoms with Crippen molar-refractivity contribution in [2.45, 2.75) is 33.6 Å². The third-order valence-corrected chi connectivity index (χ3v) is 5.17. The Balaban J connectivity index is 0.00000392. The lowest BCUT2D eigenvalue weighted by Crippen LogP contribution is -2.52. The fourth-order valence-electron chi connectivity index (χ4n) is 3.49. The number of aromatic hydroxyl groups is 1. The van der Waals surface area contributed by atoms with Crippen molar-refractivity contribution < 1.29 is 5.11 Å². The monoisotopic (exact) mass is 503 g/mol. The molecule has 7 heteroatoms. The normalized spacial score (nSPS) is 14.9. The van der Waals surface area contributed by atoms with Gasteiger partial charge in [-0.2, -0.15) is 0 Å². The fourth-order valence-corrected chi connectivity index (χ4v) is 3.49. The van der Waals surface area contributed by atoms with Gasteiger partial charge in [0.2, 0.25) is 0 Å². The van der Waals surface area contributed by atoms with Crippen molar-refractivity contribution in [2.24, 2.45) is 4.99 Å². The number of phenolic OH excluding ortho intramolecular Hbond substituents is 1. The predicted molar refractivity (Wildman–Crippen MR) is 130 cm³/mol. The van der Waals surface area contributed by atoms with E-state index in [4.69, 9.17) is 4.99 Å². The summed E-state index contributed by atoms with van der Waals surface area (Å²) in [4.78, 5) is 11.9. The number of guanidine groups is 1. The zero-order chi connectivity index (χ0) is 19.5. The molecule has 160 valence electrons. The highest BCUT2D eigenvalue weighted by Crippen LogP contribution is 2.27. The van der Waals surface area contributed by atoms with Gasteiger partial charge in [-0.15, -0.1) is 24.0 Å². The van der Waals surface area contributed by atoms with E-state index in [1.807, 2.05) is 18.2 Å². The van der Waals surface area contributed by atoms with E-state index in [-0.39, 0.29) is 24.0 Å². The summed E-state index contributed by atoms with van der Waals surface area (Å²) < 4.78 is 0. The van der Waals surface area contributed by atoms with Crippen LogP contribution in [0.25, 0.3) is 0 Å². The maximum Gasteiger partial charge on any atom is 0.194 e. The van der Waals surface area contributed by atoms with Crippen molar-refractivity contribution in [3.05, 3.63) is 24.3 Å². The molecule has 1 aliphatic rings. The largest absolute Gasteiger partial charge is 0.506 e. The van der Waals surface area contributed by atoms with Crippen LogP contribution in [0.2, 0.25) is 0 Å². The SMILES string of the molecule is CCNC(=NCCCCN(CC)CC)N1CCN(c2ccccc2O)CC1.I. The van der Waals surface area contributed by atoms with E-state index < -0.39 is 0 Å². The van der Waals surface area contributed by atoms with E-state index in [9.17, 15) is 5.11 Å². The Morgan fingerprint density at radius 2 is 1.75 bits per heavy atom. The van der Waals surface area contributed by atoms with Crippen LogP contribution >= 0.6 is 24.0 Å². The number of benzene rings is 1. The molecule has 0 radical (unpaired) electrons. The molecule has 0 saturated carbocycles. The minimum Gasteiger partial charge on any atom is -0.506 e. The van der Waals surface area contributed by atoms with Crippen LogP contribution in [0.1, 0.15) is 33.6 Å². The van der Waals surface area contributed by atoms with Gasteiger partial charge >= 0.3 is 0 Å². The van der Waals surface area contributed by atoms with Crippen molar-refractivity contribution in [2.75, 3.05) is 63.8 Å². The van der Waals surface area contributed by atoms with E-state index in [2.05, 4.69) is 40.8 Å². The lowest BCUT2D eigenvalue weighted by Gasteiger charge is -2.37. The molecule has 1 aromatic rings. The highest BCUT2D eigenvalue weighted by molar-refractivity contribution is 14.0. The van der Waals surface area contributed by atoms with Crippen LogP contribution in [0.5, 0.6) is 5.75 Å². The zero-order valence-corrected chi connectivity index (χ0v) is 20.1. The Hall–Kier alpha value is -1.22. The third-order valence-electron chi connectivity index (χ3n) is 5.17. The number of hydrogen-bond acceptors (Lipinski definition) is 4. The molecule has 2 N–H and O–H groups in total. The first kappa shape index (κ1) is 24.8. The van der Waals surface area contributed by atoms with E-state index >= 15 is 0 Å². The molecule has 0 aromatic heterocycles. The number of halogens is 1. The van der Waals surface area contributed by atoms with E-state index in [0.29, 0.717) is 5.75 Å². The van der Waals surface area contributed by atoms with Gasteiger partial charge in [0.05, 0.1) is 5.69 Å². The van der Waals surface area contributed by atoms with Crippen LogP contribution < -0.4 is 10.2 Å². The Morgan fingerprint density at radius 1 is 1.07 bits per heavy atom.